The van der Waals surface area contributed by atoms with Crippen molar-refractivity contribution in [3.63, 3.8) is 0 Å². The predicted octanol–water partition coefficient (Wildman–Crippen LogP) is 0.970. The van der Waals surface area contributed by atoms with E-state index in [0.717, 1.165) is 12.8 Å². The number of nitro groups is 1. The molecule has 0 aromatic heterocycles. The largest absolute Gasteiger partial charge is 0.491 e. The van der Waals surface area contributed by atoms with Crippen LogP contribution in [0.1, 0.15) is 19.8 Å². The fourth-order valence-corrected chi connectivity index (χ4v) is 1.78. The molecule has 0 aliphatic heterocycles. The summed E-state index contributed by atoms with van der Waals surface area (Å²) in [6.45, 7) is 1.70. The highest BCUT2D eigenvalue weighted by atomic mass is 16.6. The number of amides is 1. The van der Waals surface area contributed by atoms with Crippen molar-refractivity contribution in [1.82, 2.24) is 5.32 Å². The molecule has 0 bridgehead atoms. The van der Waals surface area contributed by atoms with E-state index in [4.69, 9.17) is 10.5 Å². The van der Waals surface area contributed by atoms with Gasteiger partial charge >= 0.3 is 0 Å². The summed E-state index contributed by atoms with van der Waals surface area (Å²) in [7, 11) is 0. The Labute approximate surface area is 116 Å². The maximum Gasteiger partial charge on any atom is 0.273 e. The van der Waals surface area contributed by atoms with E-state index in [-0.39, 0.29) is 12.3 Å². The average Bonchev–Trinajstić information content (AvgIpc) is 3.20. The molecule has 108 valence electrons. The molecular weight excluding hydrogens is 262 g/mol. The number of carbonyl (C=O) groups excluding carboxylic acids is 1. The van der Waals surface area contributed by atoms with Crippen LogP contribution in [0.2, 0.25) is 0 Å². The topological polar surface area (TPSA) is 107 Å². The van der Waals surface area contributed by atoms with Crippen LogP contribution in [-0.2, 0) is 4.79 Å². The number of primary amides is 1. The van der Waals surface area contributed by atoms with Crippen LogP contribution in [0, 0.1) is 10.1 Å². The van der Waals surface area contributed by atoms with Crippen LogP contribution in [0.4, 0.5) is 5.69 Å². The standard InChI is InChI=1S/C13H17N3O4/c1-13(12(14)17,15-9-5-6-9)8-20-11-4-2-3-10(7-11)16(18)19/h2-4,7,9,15H,5-6,8H2,1H3,(H2,14,17). The average molecular weight is 279 g/mol. The van der Waals surface area contributed by atoms with E-state index < -0.39 is 16.4 Å². The van der Waals surface area contributed by atoms with Gasteiger partial charge < -0.3 is 10.5 Å². The second kappa shape index (κ2) is 5.46. The first-order chi connectivity index (χ1) is 9.40. The Hall–Kier alpha value is -2.15. The van der Waals surface area contributed by atoms with Gasteiger partial charge in [-0.1, -0.05) is 6.07 Å². The SMILES string of the molecule is CC(COc1cccc([N+](=O)[O-])c1)(NC1CC1)C(N)=O. The zero-order valence-corrected chi connectivity index (χ0v) is 11.2. The molecule has 1 atom stereocenters. The van der Waals surface area contributed by atoms with Crippen molar-refractivity contribution < 1.29 is 14.5 Å². The zero-order chi connectivity index (χ0) is 14.8. The van der Waals surface area contributed by atoms with Gasteiger partial charge in [0.2, 0.25) is 5.91 Å². The number of rotatable bonds is 7. The molecule has 1 amide bonds. The molecule has 0 spiro atoms. The van der Waals surface area contributed by atoms with E-state index in [9.17, 15) is 14.9 Å². The van der Waals surface area contributed by atoms with Gasteiger partial charge in [-0.15, -0.1) is 0 Å². The van der Waals surface area contributed by atoms with Crippen molar-refractivity contribution in [3.8, 4) is 5.75 Å². The van der Waals surface area contributed by atoms with Gasteiger partial charge in [0.05, 0.1) is 11.0 Å². The lowest BCUT2D eigenvalue weighted by atomic mass is 10.0. The third kappa shape index (κ3) is 3.45. The van der Waals surface area contributed by atoms with Gasteiger partial charge in [-0.25, -0.2) is 0 Å². The number of carbonyl (C=O) groups is 1. The number of hydrogen-bond acceptors (Lipinski definition) is 5. The lowest BCUT2D eigenvalue weighted by Crippen LogP contribution is -2.57. The molecule has 0 radical (unpaired) electrons. The highest BCUT2D eigenvalue weighted by Gasteiger charge is 2.37. The highest BCUT2D eigenvalue weighted by molar-refractivity contribution is 5.84. The van der Waals surface area contributed by atoms with Gasteiger partial charge in [-0.3, -0.25) is 20.2 Å². The summed E-state index contributed by atoms with van der Waals surface area (Å²) in [4.78, 5) is 21.7. The van der Waals surface area contributed by atoms with Crippen molar-refractivity contribution in [2.75, 3.05) is 6.61 Å². The Balaban J connectivity index is 2.03. The summed E-state index contributed by atoms with van der Waals surface area (Å²) in [6.07, 6.45) is 2.03. The lowest BCUT2D eigenvalue weighted by molar-refractivity contribution is -0.384. The van der Waals surface area contributed by atoms with Crippen LogP contribution in [-0.4, -0.2) is 29.0 Å². The number of ether oxygens (including phenoxy) is 1. The van der Waals surface area contributed by atoms with Crippen LogP contribution in [0.15, 0.2) is 24.3 Å². The third-order valence-corrected chi connectivity index (χ3v) is 3.20. The Kier molecular flexibility index (Phi) is 3.89. The monoisotopic (exact) mass is 279 g/mol. The van der Waals surface area contributed by atoms with Crippen LogP contribution in [0.5, 0.6) is 5.75 Å². The first-order valence-electron chi connectivity index (χ1n) is 6.35. The fraction of sp³-hybridized carbons (Fsp3) is 0.462. The summed E-state index contributed by atoms with van der Waals surface area (Å²) < 4.78 is 5.48. The number of benzene rings is 1. The van der Waals surface area contributed by atoms with Crippen LogP contribution in [0.25, 0.3) is 0 Å². The smallest absolute Gasteiger partial charge is 0.273 e. The molecule has 1 aliphatic carbocycles. The maximum absolute atomic E-state index is 11.6. The van der Waals surface area contributed by atoms with Crippen molar-refractivity contribution >= 4 is 11.6 Å². The second-order valence-electron chi connectivity index (χ2n) is 5.16. The van der Waals surface area contributed by atoms with E-state index in [1.165, 1.54) is 18.2 Å². The second-order valence-corrected chi connectivity index (χ2v) is 5.16. The first kappa shape index (κ1) is 14.3. The summed E-state index contributed by atoms with van der Waals surface area (Å²) in [6, 6.07) is 6.12. The van der Waals surface area contributed by atoms with E-state index in [1.54, 1.807) is 13.0 Å². The van der Waals surface area contributed by atoms with Gasteiger partial charge in [-0.2, -0.15) is 0 Å². The molecule has 3 N–H and O–H groups in total. The van der Waals surface area contributed by atoms with Gasteiger partial charge in [0.25, 0.3) is 5.69 Å². The summed E-state index contributed by atoms with van der Waals surface area (Å²) in [5, 5.41) is 13.8. The summed E-state index contributed by atoms with van der Waals surface area (Å²) >= 11 is 0. The molecule has 0 saturated heterocycles. The van der Waals surface area contributed by atoms with Gasteiger partial charge in [0.15, 0.2) is 0 Å². The van der Waals surface area contributed by atoms with Crippen LogP contribution >= 0.6 is 0 Å². The number of nitrogens with one attached hydrogen (secondary N) is 1. The van der Waals surface area contributed by atoms with Crippen molar-refractivity contribution in [3.05, 3.63) is 34.4 Å². The van der Waals surface area contributed by atoms with Gasteiger partial charge in [0.1, 0.15) is 17.9 Å². The maximum atomic E-state index is 11.6. The van der Waals surface area contributed by atoms with E-state index in [1.807, 2.05) is 0 Å². The fourth-order valence-electron chi connectivity index (χ4n) is 1.78. The molecule has 7 heteroatoms. The molecule has 2 rings (SSSR count). The Morgan fingerprint density at radius 3 is 2.85 bits per heavy atom. The van der Waals surface area contributed by atoms with E-state index in [0.29, 0.717) is 11.8 Å². The minimum Gasteiger partial charge on any atom is -0.491 e. The molecule has 1 aromatic carbocycles. The molecule has 1 aliphatic rings. The number of non-ortho nitro benzene ring substituents is 1. The van der Waals surface area contributed by atoms with E-state index in [2.05, 4.69) is 5.32 Å². The molecular formula is C13H17N3O4. The number of hydrogen-bond donors (Lipinski definition) is 2. The quantitative estimate of drug-likeness (QED) is 0.571. The van der Waals surface area contributed by atoms with Crippen LogP contribution < -0.4 is 15.8 Å². The molecule has 1 aromatic rings. The van der Waals surface area contributed by atoms with Gasteiger partial charge in [-0.05, 0) is 25.8 Å². The molecule has 0 heterocycles. The molecule has 1 fully saturated rings. The zero-order valence-electron chi connectivity index (χ0n) is 11.2. The number of nitrogens with two attached hydrogens (primary N) is 1. The number of nitrogens with zero attached hydrogens (tertiary/aromatic N) is 1. The molecule has 1 saturated carbocycles. The normalized spacial score (nSPS) is 17.2. The van der Waals surface area contributed by atoms with Crippen molar-refractivity contribution in [1.29, 1.82) is 0 Å². The Morgan fingerprint density at radius 1 is 1.60 bits per heavy atom. The first-order valence-corrected chi connectivity index (χ1v) is 6.35. The van der Waals surface area contributed by atoms with Crippen molar-refractivity contribution in [2.45, 2.75) is 31.3 Å². The summed E-state index contributed by atoms with van der Waals surface area (Å²) in [5.74, 6) is -0.167. The minimum absolute atomic E-state index is 0.0278. The Morgan fingerprint density at radius 2 is 2.30 bits per heavy atom. The number of nitro benzene ring substituents is 1. The molecule has 20 heavy (non-hydrogen) atoms. The van der Waals surface area contributed by atoms with Crippen LogP contribution in [0.3, 0.4) is 0 Å². The Bertz CT molecular complexity index is 530. The van der Waals surface area contributed by atoms with Gasteiger partial charge in [0, 0.05) is 12.1 Å². The summed E-state index contributed by atoms with van der Waals surface area (Å²) in [5.41, 5.74) is 4.36. The van der Waals surface area contributed by atoms with E-state index >= 15 is 0 Å². The lowest BCUT2D eigenvalue weighted by Gasteiger charge is -2.27. The third-order valence-electron chi connectivity index (χ3n) is 3.20. The predicted molar refractivity (Wildman–Crippen MR) is 72.3 cm³/mol. The minimum atomic E-state index is -0.980. The van der Waals surface area contributed by atoms with Crippen molar-refractivity contribution in [2.24, 2.45) is 5.73 Å². The molecule has 7 nitrogen and oxygen atoms in total. The highest BCUT2D eigenvalue weighted by Crippen LogP contribution is 2.24. The molecule has 1 unspecified atom stereocenters.